The second-order valence-corrected chi connectivity index (χ2v) is 5.03. The van der Waals surface area contributed by atoms with Crippen molar-refractivity contribution < 1.29 is 13.9 Å². The van der Waals surface area contributed by atoms with Crippen LogP contribution in [0.1, 0.15) is 16.9 Å². The van der Waals surface area contributed by atoms with Gasteiger partial charge in [0.2, 0.25) is 0 Å². The first-order chi connectivity index (χ1) is 9.72. The predicted octanol–water partition coefficient (Wildman–Crippen LogP) is 2.36. The fourth-order valence-electron chi connectivity index (χ4n) is 2.46. The Bertz CT molecular complexity index is 581. The van der Waals surface area contributed by atoms with Crippen molar-refractivity contribution in [1.29, 1.82) is 0 Å². The van der Waals surface area contributed by atoms with Gasteiger partial charge in [-0.2, -0.15) is 0 Å². The largest absolute Gasteiger partial charge is 0.468 e. The number of furan rings is 1. The van der Waals surface area contributed by atoms with Crippen LogP contribution in [0, 0.1) is 0 Å². The minimum atomic E-state index is 0.297. The average molecular weight is 274 g/mol. The van der Waals surface area contributed by atoms with Gasteiger partial charge < -0.3 is 19.6 Å². The van der Waals surface area contributed by atoms with Crippen molar-refractivity contribution in [3.8, 4) is 5.75 Å². The van der Waals surface area contributed by atoms with Gasteiger partial charge in [0, 0.05) is 23.4 Å². The lowest BCUT2D eigenvalue weighted by molar-refractivity contribution is -0.0173. The molecule has 2 aromatic rings. The second-order valence-electron chi connectivity index (χ2n) is 5.03. The highest BCUT2D eigenvalue weighted by molar-refractivity contribution is 5.53. The highest BCUT2D eigenvalue weighted by Crippen LogP contribution is 2.31. The Balaban J connectivity index is 1.78. The fraction of sp³-hybridized carbons (Fsp3) is 0.333. The maximum absolute atomic E-state index is 5.95. The highest BCUT2D eigenvalue weighted by Gasteiger charge is 2.17. The summed E-state index contributed by atoms with van der Waals surface area (Å²) >= 11 is 0. The number of anilines is 1. The molecule has 5 heteroatoms. The fourth-order valence-corrected chi connectivity index (χ4v) is 2.46. The van der Waals surface area contributed by atoms with Crippen molar-refractivity contribution in [2.75, 3.05) is 19.6 Å². The molecule has 0 saturated carbocycles. The molecule has 0 atom stereocenters. The molecule has 3 rings (SSSR count). The zero-order chi connectivity index (χ0) is 13.9. The molecule has 106 valence electrons. The number of rotatable bonds is 4. The van der Waals surface area contributed by atoms with Crippen molar-refractivity contribution in [3.63, 3.8) is 0 Å². The van der Waals surface area contributed by atoms with E-state index in [0.717, 1.165) is 41.4 Å². The van der Waals surface area contributed by atoms with E-state index in [1.54, 1.807) is 6.26 Å². The van der Waals surface area contributed by atoms with Crippen molar-refractivity contribution in [2.24, 2.45) is 0 Å². The van der Waals surface area contributed by atoms with Gasteiger partial charge in [-0.05, 0) is 31.3 Å². The summed E-state index contributed by atoms with van der Waals surface area (Å²) < 4.78 is 16.3. The number of fused-ring (bicyclic) bond motifs is 1. The first kappa shape index (κ1) is 13.0. The number of nitrogens with zero attached hydrogens (tertiary/aromatic N) is 1. The minimum Gasteiger partial charge on any atom is -0.468 e. The molecule has 2 heterocycles. The number of nitrogen functional groups attached to an aromatic ring is 1. The third kappa shape index (κ3) is 2.79. The molecule has 0 fully saturated rings. The van der Waals surface area contributed by atoms with Gasteiger partial charge in [-0.3, -0.25) is 4.90 Å². The Hall–Kier alpha value is -1.98. The highest BCUT2D eigenvalue weighted by atomic mass is 16.7. The van der Waals surface area contributed by atoms with Crippen molar-refractivity contribution in [3.05, 3.63) is 47.4 Å². The molecule has 0 amide bonds. The van der Waals surface area contributed by atoms with Gasteiger partial charge in [-0.25, -0.2) is 0 Å². The summed E-state index contributed by atoms with van der Waals surface area (Å²) in [6, 6.07) is 7.73. The quantitative estimate of drug-likeness (QED) is 0.867. The molecule has 0 radical (unpaired) electrons. The van der Waals surface area contributed by atoms with E-state index in [4.69, 9.17) is 19.6 Å². The van der Waals surface area contributed by atoms with Gasteiger partial charge in [-0.15, -0.1) is 0 Å². The van der Waals surface area contributed by atoms with E-state index in [0.29, 0.717) is 13.4 Å². The molecule has 1 aromatic heterocycles. The average Bonchev–Trinajstić information content (AvgIpc) is 2.91. The lowest BCUT2D eigenvalue weighted by atomic mass is 10.1. The molecule has 1 aliphatic rings. The Morgan fingerprint density at radius 2 is 2.20 bits per heavy atom. The maximum atomic E-state index is 5.95. The van der Waals surface area contributed by atoms with Crippen LogP contribution >= 0.6 is 0 Å². The van der Waals surface area contributed by atoms with E-state index in [1.165, 1.54) is 0 Å². The maximum Gasteiger partial charge on any atom is 0.189 e. The summed E-state index contributed by atoms with van der Waals surface area (Å²) in [4.78, 5) is 2.16. The number of ether oxygens (including phenoxy) is 2. The van der Waals surface area contributed by atoms with Crippen LogP contribution in [0.2, 0.25) is 0 Å². The molecule has 0 saturated heterocycles. The van der Waals surface area contributed by atoms with Gasteiger partial charge in [0.25, 0.3) is 0 Å². The first-order valence-corrected chi connectivity index (χ1v) is 6.55. The summed E-state index contributed by atoms with van der Waals surface area (Å²) in [5.41, 5.74) is 8.77. The molecule has 2 N–H and O–H groups in total. The Kier molecular flexibility index (Phi) is 3.62. The molecular weight excluding hydrogens is 256 g/mol. The van der Waals surface area contributed by atoms with E-state index in [-0.39, 0.29) is 0 Å². The molecule has 5 nitrogen and oxygen atoms in total. The van der Waals surface area contributed by atoms with Crippen LogP contribution in [0.25, 0.3) is 0 Å². The summed E-state index contributed by atoms with van der Waals surface area (Å²) in [6.45, 7) is 2.34. The number of hydrogen-bond acceptors (Lipinski definition) is 5. The van der Waals surface area contributed by atoms with Crippen LogP contribution in [0.5, 0.6) is 5.75 Å². The van der Waals surface area contributed by atoms with Crippen LogP contribution in [0.4, 0.5) is 5.69 Å². The monoisotopic (exact) mass is 274 g/mol. The number of nitrogens with two attached hydrogens (primary N) is 1. The third-order valence-corrected chi connectivity index (χ3v) is 3.26. The summed E-state index contributed by atoms with van der Waals surface area (Å²) in [6.07, 6.45) is 1.69. The van der Waals surface area contributed by atoms with Crippen LogP contribution in [0.3, 0.4) is 0 Å². The van der Waals surface area contributed by atoms with E-state index in [1.807, 2.05) is 31.3 Å². The summed E-state index contributed by atoms with van der Waals surface area (Å²) in [5, 5.41) is 0. The summed E-state index contributed by atoms with van der Waals surface area (Å²) in [7, 11) is 2.04. The van der Waals surface area contributed by atoms with Crippen LogP contribution in [-0.4, -0.2) is 18.7 Å². The lowest BCUT2D eigenvalue weighted by Crippen LogP contribution is -2.20. The smallest absolute Gasteiger partial charge is 0.189 e. The molecule has 1 aromatic carbocycles. The predicted molar refractivity (Wildman–Crippen MR) is 75.0 cm³/mol. The standard InChI is InChI=1S/C15H18N2O3/c1-17(8-14-3-2-4-19-14)7-11-5-13(16)6-12-9-18-10-20-15(11)12/h2-6H,7-10,16H2,1H3. The van der Waals surface area contributed by atoms with E-state index in [2.05, 4.69) is 4.90 Å². The van der Waals surface area contributed by atoms with Crippen LogP contribution in [-0.2, 0) is 24.4 Å². The number of benzene rings is 1. The van der Waals surface area contributed by atoms with E-state index in [9.17, 15) is 0 Å². The number of hydrogen-bond donors (Lipinski definition) is 1. The van der Waals surface area contributed by atoms with Gasteiger partial charge >= 0.3 is 0 Å². The molecule has 20 heavy (non-hydrogen) atoms. The van der Waals surface area contributed by atoms with Crippen LogP contribution < -0.4 is 10.5 Å². The first-order valence-electron chi connectivity index (χ1n) is 6.55. The van der Waals surface area contributed by atoms with Crippen molar-refractivity contribution in [2.45, 2.75) is 19.7 Å². The van der Waals surface area contributed by atoms with Crippen molar-refractivity contribution >= 4 is 5.69 Å². The molecule has 0 bridgehead atoms. The Morgan fingerprint density at radius 1 is 1.30 bits per heavy atom. The normalized spacial score (nSPS) is 14.1. The van der Waals surface area contributed by atoms with Gasteiger partial charge in [0.05, 0.1) is 19.4 Å². The van der Waals surface area contributed by atoms with E-state index < -0.39 is 0 Å². The minimum absolute atomic E-state index is 0.297. The molecule has 1 aliphatic heterocycles. The second kappa shape index (κ2) is 5.56. The molecule has 0 spiro atoms. The molecule has 0 aliphatic carbocycles. The SMILES string of the molecule is CN(Cc1ccco1)Cc1cc(N)cc2c1OCOC2. The Labute approximate surface area is 117 Å². The molecular formula is C15H18N2O3. The zero-order valence-corrected chi connectivity index (χ0v) is 11.5. The van der Waals surface area contributed by atoms with E-state index >= 15 is 0 Å². The van der Waals surface area contributed by atoms with Crippen LogP contribution in [0.15, 0.2) is 34.9 Å². The molecule has 0 unspecified atom stereocenters. The Morgan fingerprint density at radius 3 is 3.00 bits per heavy atom. The van der Waals surface area contributed by atoms with Gasteiger partial charge in [0.1, 0.15) is 11.5 Å². The lowest BCUT2D eigenvalue weighted by Gasteiger charge is -2.23. The third-order valence-electron chi connectivity index (χ3n) is 3.26. The zero-order valence-electron chi connectivity index (χ0n) is 11.5. The van der Waals surface area contributed by atoms with Gasteiger partial charge in [0.15, 0.2) is 6.79 Å². The summed E-state index contributed by atoms with van der Waals surface area (Å²) in [5.74, 6) is 1.84. The topological polar surface area (TPSA) is 60.9 Å². The van der Waals surface area contributed by atoms with Crippen molar-refractivity contribution in [1.82, 2.24) is 4.90 Å². The van der Waals surface area contributed by atoms with Gasteiger partial charge in [-0.1, -0.05) is 0 Å².